The fourth-order valence-electron chi connectivity index (χ4n) is 1.94. The molecular weight excluding hydrogens is 278 g/mol. The Morgan fingerprint density at radius 3 is 2.65 bits per heavy atom. The van der Waals surface area contributed by atoms with Crippen LogP contribution in [0.3, 0.4) is 0 Å². The number of thiophene rings is 1. The Bertz CT molecular complexity index is 543. The quantitative estimate of drug-likeness (QED) is 0.787. The lowest BCUT2D eigenvalue weighted by Gasteiger charge is -2.32. The van der Waals surface area contributed by atoms with Crippen molar-refractivity contribution in [1.82, 2.24) is 9.91 Å². The zero-order valence-corrected chi connectivity index (χ0v) is 12.3. The average molecular weight is 295 g/mol. The first-order valence-electron chi connectivity index (χ1n) is 6.17. The fourth-order valence-corrected chi connectivity index (χ4v) is 2.96. The number of nitrogens with one attached hydrogen (secondary N) is 1. The highest BCUT2D eigenvalue weighted by atomic mass is 32.1. The molecule has 20 heavy (non-hydrogen) atoms. The molecule has 108 valence electrons. The van der Waals surface area contributed by atoms with Crippen molar-refractivity contribution in [2.24, 2.45) is 0 Å². The molecule has 1 aliphatic heterocycles. The zero-order chi connectivity index (χ0) is 14.7. The number of piperazine rings is 1. The summed E-state index contributed by atoms with van der Waals surface area (Å²) in [6.07, 6.45) is 0. The molecule has 1 aliphatic rings. The van der Waals surface area contributed by atoms with Crippen molar-refractivity contribution in [3.05, 3.63) is 10.4 Å². The van der Waals surface area contributed by atoms with Crippen molar-refractivity contribution in [2.75, 3.05) is 51.5 Å². The maximum Gasteiger partial charge on any atom is 0.350 e. The normalized spacial score (nSPS) is 16.6. The third-order valence-corrected chi connectivity index (χ3v) is 4.28. The largest absolute Gasteiger partial charge is 0.465 e. The molecule has 0 bridgehead atoms. The van der Waals surface area contributed by atoms with Gasteiger partial charge in [-0.1, -0.05) is 0 Å². The van der Waals surface area contributed by atoms with E-state index in [1.54, 1.807) is 0 Å². The van der Waals surface area contributed by atoms with E-state index < -0.39 is 5.97 Å². The van der Waals surface area contributed by atoms with Gasteiger partial charge in [0, 0.05) is 26.2 Å². The number of nitrogens with two attached hydrogens (primary N) is 1. The molecule has 2 heterocycles. The van der Waals surface area contributed by atoms with E-state index in [1.807, 2.05) is 11.1 Å². The smallest absolute Gasteiger partial charge is 0.350 e. The highest BCUT2D eigenvalue weighted by Gasteiger charge is 2.23. The number of ether oxygens (including phenoxy) is 1. The SMILES string of the molecule is COC(=O)c1sc(NN2CCN(C)CC2)c(C#N)c1N. The first kappa shape index (κ1) is 14.6. The van der Waals surface area contributed by atoms with Gasteiger partial charge < -0.3 is 20.8 Å². The zero-order valence-electron chi connectivity index (χ0n) is 11.5. The summed E-state index contributed by atoms with van der Waals surface area (Å²) in [5.41, 5.74) is 9.50. The number of methoxy groups -OCH3 is 1. The van der Waals surface area contributed by atoms with Gasteiger partial charge in [-0.15, -0.1) is 11.3 Å². The standard InChI is InChI=1S/C12H17N5O2S/c1-16-3-5-17(6-4-16)15-11-8(7-13)9(14)10(20-11)12(18)19-2/h15H,3-6,14H2,1-2H3. The molecule has 0 spiro atoms. The van der Waals surface area contributed by atoms with Crippen LogP contribution in [0.15, 0.2) is 0 Å². The number of nitrogen functional groups attached to an aromatic ring is 1. The third kappa shape index (κ3) is 2.85. The van der Waals surface area contributed by atoms with Crippen LogP contribution in [0.1, 0.15) is 15.2 Å². The first-order chi connectivity index (χ1) is 9.56. The van der Waals surface area contributed by atoms with Crippen molar-refractivity contribution >= 4 is 28.0 Å². The molecule has 1 aromatic rings. The summed E-state index contributed by atoms with van der Waals surface area (Å²) in [4.78, 5) is 14.1. The number of hydrazine groups is 1. The Labute approximate surface area is 121 Å². The van der Waals surface area contributed by atoms with Crippen LogP contribution in [0.2, 0.25) is 0 Å². The Balaban J connectivity index is 2.19. The monoisotopic (exact) mass is 295 g/mol. The van der Waals surface area contributed by atoms with E-state index in [-0.39, 0.29) is 10.6 Å². The van der Waals surface area contributed by atoms with Crippen LogP contribution in [-0.4, -0.2) is 56.2 Å². The average Bonchev–Trinajstić information content (AvgIpc) is 2.76. The lowest BCUT2D eigenvalue weighted by molar-refractivity contribution is 0.0607. The van der Waals surface area contributed by atoms with Crippen LogP contribution >= 0.6 is 11.3 Å². The molecule has 0 aliphatic carbocycles. The van der Waals surface area contributed by atoms with Crippen LogP contribution in [0.25, 0.3) is 0 Å². The molecular formula is C12H17N5O2S. The summed E-state index contributed by atoms with van der Waals surface area (Å²) < 4.78 is 4.67. The molecule has 7 nitrogen and oxygen atoms in total. The number of nitrogens with zero attached hydrogens (tertiary/aromatic N) is 3. The van der Waals surface area contributed by atoms with E-state index in [1.165, 1.54) is 7.11 Å². The van der Waals surface area contributed by atoms with Crippen LogP contribution in [0.5, 0.6) is 0 Å². The molecule has 0 radical (unpaired) electrons. The predicted octanol–water partition coefficient (Wildman–Crippen LogP) is 0.563. The molecule has 1 fully saturated rings. The van der Waals surface area contributed by atoms with E-state index >= 15 is 0 Å². The minimum atomic E-state index is -0.518. The second kappa shape index (κ2) is 6.09. The summed E-state index contributed by atoms with van der Waals surface area (Å²) in [6, 6.07) is 2.04. The fraction of sp³-hybridized carbons (Fsp3) is 0.500. The second-order valence-corrected chi connectivity index (χ2v) is 5.58. The highest BCUT2D eigenvalue weighted by Crippen LogP contribution is 2.35. The lowest BCUT2D eigenvalue weighted by Crippen LogP contribution is -2.46. The van der Waals surface area contributed by atoms with Gasteiger partial charge in [0.05, 0.1) is 12.8 Å². The number of carbonyl (C=O) groups excluding carboxylic acids is 1. The number of hydrogen-bond donors (Lipinski definition) is 2. The minimum Gasteiger partial charge on any atom is -0.465 e. The van der Waals surface area contributed by atoms with Crippen LogP contribution < -0.4 is 11.2 Å². The Morgan fingerprint density at radius 2 is 2.10 bits per heavy atom. The Hall–Kier alpha value is -1.82. The lowest BCUT2D eigenvalue weighted by atomic mass is 10.2. The molecule has 1 saturated heterocycles. The molecule has 0 amide bonds. The van der Waals surface area contributed by atoms with Crippen LogP contribution in [0, 0.1) is 11.3 Å². The molecule has 0 aromatic carbocycles. The molecule has 2 rings (SSSR count). The van der Waals surface area contributed by atoms with Gasteiger partial charge in [0.2, 0.25) is 0 Å². The van der Waals surface area contributed by atoms with Crippen molar-refractivity contribution in [1.29, 1.82) is 5.26 Å². The third-order valence-electron chi connectivity index (χ3n) is 3.19. The van der Waals surface area contributed by atoms with Crippen LogP contribution in [0.4, 0.5) is 10.7 Å². The van der Waals surface area contributed by atoms with E-state index in [2.05, 4.69) is 22.1 Å². The molecule has 1 aromatic heterocycles. The van der Waals surface area contributed by atoms with Gasteiger partial charge in [-0.2, -0.15) is 5.26 Å². The van der Waals surface area contributed by atoms with Crippen molar-refractivity contribution < 1.29 is 9.53 Å². The van der Waals surface area contributed by atoms with E-state index in [0.29, 0.717) is 10.6 Å². The van der Waals surface area contributed by atoms with Gasteiger partial charge in [-0.05, 0) is 7.05 Å². The maximum atomic E-state index is 11.6. The number of anilines is 2. The number of rotatable bonds is 3. The van der Waals surface area contributed by atoms with E-state index in [0.717, 1.165) is 37.5 Å². The summed E-state index contributed by atoms with van der Waals surface area (Å²) in [7, 11) is 3.36. The van der Waals surface area contributed by atoms with Crippen molar-refractivity contribution in [3.63, 3.8) is 0 Å². The molecule has 8 heteroatoms. The first-order valence-corrected chi connectivity index (χ1v) is 6.99. The van der Waals surface area contributed by atoms with Crippen LogP contribution in [-0.2, 0) is 4.74 Å². The maximum absolute atomic E-state index is 11.6. The number of esters is 1. The molecule has 0 unspecified atom stereocenters. The topological polar surface area (TPSA) is 94.6 Å². The van der Waals surface area contributed by atoms with Crippen molar-refractivity contribution in [3.8, 4) is 6.07 Å². The summed E-state index contributed by atoms with van der Waals surface area (Å²) in [6.45, 7) is 3.57. The van der Waals surface area contributed by atoms with Gasteiger partial charge in [-0.3, -0.25) is 0 Å². The van der Waals surface area contributed by atoms with Gasteiger partial charge in [-0.25, -0.2) is 9.80 Å². The van der Waals surface area contributed by atoms with Gasteiger partial charge in [0.25, 0.3) is 0 Å². The van der Waals surface area contributed by atoms with E-state index in [4.69, 9.17) is 5.73 Å². The van der Waals surface area contributed by atoms with Gasteiger partial charge in [0.15, 0.2) is 0 Å². The Kier molecular flexibility index (Phi) is 4.44. The minimum absolute atomic E-state index is 0.181. The highest BCUT2D eigenvalue weighted by molar-refractivity contribution is 7.18. The summed E-state index contributed by atoms with van der Waals surface area (Å²) in [5, 5.41) is 11.8. The Morgan fingerprint density at radius 1 is 1.45 bits per heavy atom. The molecule has 3 N–H and O–H groups in total. The second-order valence-electron chi connectivity index (χ2n) is 4.55. The van der Waals surface area contributed by atoms with Gasteiger partial charge >= 0.3 is 5.97 Å². The molecule has 0 atom stereocenters. The number of likely N-dealkylation sites (N-methyl/N-ethyl adjacent to an activating group) is 1. The van der Waals surface area contributed by atoms with Crippen molar-refractivity contribution in [2.45, 2.75) is 0 Å². The summed E-state index contributed by atoms with van der Waals surface area (Å²) in [5.74, 6) is -0.518. The van der Waals surface area contributed by atoms with Gasteiger partial charge in [0.1, 0.15) is 21.5 Å². The number of carbonyl (C=O) groups is 1. The number of hydrogen-bond acceptors (Lipinski definition) is 8. The number of nitriles is 1. The summed E-state index contributed by atoms with van der Waals surface area (Å²) >= 11 is 1.15. The predicted molar refractivity (Wildman–Crippen MR) is 77.5 cm³/mol. The van der Waals surface area contributed by atoms with E-state index in [9.17, 15) is 10.1 Å². The molecule has 0 saturated carbocycles.